The summed E-state index contributed by atoms with van der Waals surface area (Å²) in [4.78, 5) is 9.22. The Hall–Kier alpha value is -1.73. The second-order valence-electron chi connectivity index (χ2n) is 5.82. The van der Waals surface area contributed by atoms with E-state index in [4.69, 9.17) is 9.05 Å². The summed E-state index contributed by atoms with van der Waals surface area (Å²) in [6.45, 7) is 10.9. The highest BCUT2D eigenvalue weighted by Gasteiger charge is 2.25. The quantitative estimate of drug-likeness (QED) is 0.834. The van der Waals surface area contributed by atoms with Crippen LogP contribution >= 0.6 is 0 Å². The van der Waals surface area contributed by atoms with E-state index in [0.717, 1.165) is 62.3 Å². The van der Waals surface area contributed by atoms with Crippen LogP contribution in [0.15, 0.2) is 15.1 Å². The van der Waals surface area contributed by atoms with Gasteiger partial charge in [-0.15, -0.1) is 0 Å². The summed E-state index contributed by atoms with van der Waals surface area (Å²) >= 11 is 0. The highest BCUT2D eigenvalue weighted by Crippen LogP contribution is 2.20. The van der Waals surface area contributed by atoms with E-state index in [1.165, 1.54) is 0 Å². The summed E-state index contributed by atoms with van der Waals surface area (Å²) in [6.07, 6.45) is 0.807. The Balaban J connectivity index is 1.52. The summed E-state index contributed by atoms with van der Waals surface area (Å²) in [5.41, 5.74) is 1.00. The molecule has 2 aromatic rings. The van der Waals surface area contributed by atoms with Gasteiger partial charge in [-0.3, -0.25) is 9.80 Å². The van der Waals surface area contributed by atoms with Gasteiger partial charge in [0.2, 0.25) is 5.89 Å². The minimum Gasteiger partial charge on any atom is -0.361 e. The Labute approximate surface area is 130 Å². The molecule has 0 N–H and O–H groups in total. The topological polar surface area (TPSA) is 71.4 Å². The fourth-order valence-electron chi connectivity index (χ4n) is 2.77. The van der Waals surface area contributed by atoms with Gasteiger partial charge in [-0.25, -0.2) is 0 Å². The molecule has 7 heteroatoms. The van der Waals surface area contributed by atoms with Crippen molar-refractivity contribution in [1.29, 1.82) is 0 Å². The lowest BCUT2D eigenvalue weighted by atomic mass is 10.2. The Morgan fingerprint density at radius 3 is 2.55 bits per heavy atom. The average Bonchev–Trinajstić information content (AvgIpc) is 3.16. The minimum atomic E-state index is 0.171. The lowest BCUT2D eigenvalue weighted by Crippen LogP contribution is -2.46. The molecule has 3 rings (SSSR count). The first kappa shape index (κ1) is 15.2. The molecule has 0 radical (unpaired) electrons. The fraction of sp³-hybridized carbons (Fsp3) is 0.667. The molecule has 0 bridgehead atoms. The van der Waals surface area contributed by atoms with E-state index in [0.29, 0.717) is 0 Å². The maximum absolute atomic E-state index is 5.36. The molecule has 0 saturated carbocycles. The molecule has 120 valence electrons. The molecule has 1 atom stereocenters. The summed E-state index contributed by atoms with van der Waals surface area (Å²) in [7, 11) is 0. The van der Waals surface area contributed by atoms with Crippen LogP contribution in [0, 0.1) is 6.92 Å². The van der Waals surface area contributed by atoms with Crippen LogP contribution in [0.2, 0.25) is 0 Å². The zero-order valence-corrected chi connectivity index (χ0v) is 13.4. The highest BCUT2D eigenvalue weighted by molar-refractivity contribution is 5.03. The van der Waals surface area contributed by atoms with Gasteiger partial charge in [0.1, 0.15) is 5.76 Å². The number of aromatic nitrogens is 3. The van der Waals surface area contributed by atoms with Gasteiger partial charge in [-0.2, -0.15) is 4.98 Å². The maximum atomic E-state index is 5.36. The Kier molecular flexibility index (Phi) is 4.54. The van der Waals surface area contributed by atoms with Gasteiger partial charge in [-0.1, -0.05) is 17.2 Å². The van der Waals surface area contributed by atoms with Crippen LogP contribution in [0.1, 0.15) is 43.1 Å². The Morgan fingerprint density at radius 2 is 1.95 bits per heavy atom. The van der Waals surface area contributed by atoms with E-state index in [-0.39, 0.29) is 6.04 Å². The minimum absolute atomic E-state index is 0.171. The van der Waals surface area contributed by atoms with Gasteiger partial charge in [0.25, 0.3) is 0 Å². The first-order valence-electron chi connectivity index (χ1n) is 7.86. The third-order valence-electron chi connectivity index (χ3n) is 4.17. The van der Waals surface area contributed by atoms with Crippen molar-refractivity contribution in [3.8, 4) is 0 Å². The van der Waals surface area contributed by atoms with Crippen molar-refractivity contribution in [1.82, 2.24) is 25.1 Å². The summed E-state index contributed by atoms with van der Waals surface area (Å²) in [5, 5.41) is 8.04. The molecule has 1 aliphatic rings. The van der Waals surface area contributed by atoms with E-state index in [1.807, 2.05) is 19.9 Å². The largest absolute Gasteiger partial charge is 0.361 e. The second-order valence-corrected chi connectivity index (χ2v) is 5.82. The van der Waals surface area contributed by atoms with Crippen LogP contribution < -0.4 is 0 Å². The van der Waals surface area contributed by atoms with Gasteiger partial charge in [-0.05, 0) is 13.8 Å². The second kappa shape index (κ2) is 6.58. The number of aryl methyl sites for hydroxylation is 2. The lowest BCUT2D eigenvalue weighted by Gasteiger charge is -2.36. The predicted octanol–water partition coefficient (Wildman–Crippen LogP) is 1.81. The van der Waals surface area contributed by atoms with Crippen LogP contribution in [0.3, 0.4) is 0 Å². The monoisotopic (exact) mass is 305 g/mol. The molecular formula is C15H23N5O2. The zero-order chi connectivity index (χ0) is 15.5. The van der Waals surface area contributed by atoms with Crippen molar-refractivity contribution in [2.24, 2.45) is 0 Å². The van der Waals surface area contributed by atoms with Gasteiger partial charge in [0.15, 0.2) is 5.82 Å². The third-order valence-corrected chi connectivity index (χ3v) is 4.17. The third kappa shape index (κ3) is 3.36. The summed E-state index contributed by atoms with van der Waals surface area (Å²) < 4.78 is 10.5. The van der Waals surface area contributed by atoms with Crippen molar-refractivity contribution >= 4 is 0 Å². The van der Waals surface area contributed by atoms with Crippen molar-refractivity contribution in [3.63, 3.8) is 0 Å². The number of nitrogens with zero attached hydrogens (tertiary/aromatic N) is 5. The van der Waals surface area contributed by atoms with Crippen LogP contribution in [0.25, 0.3) is 0 Å². The molecule has 0 aliphatic carbocycles. The molecule has 1 fully saturated rings. The highest BCUT2D eigenvalue weighted by atomic mass is 16.5. The molecule has 2 aromatic heterocycles. The van der Waals surface area contributed by atoms with Gasteiger partial charge in [0, 0.05) is 45.2 Å². The molecule has 0 amide bonds. The van der Waals surface area contributed by atoms with Crippen molar-refractivity contribution in [2.75, 3.05) is 26.2 Å². The molecule has 7 nitrogen and oxygen atoms in total. The molecular weight excluding hydrogens is 282 g/mol. The maximum Gasteiger partial charge on any atom is 0.243 e. The summed E-state index contributed by atoms with van der Waals surface area (Å²) in [6, 6.07) is 2.17. The van der Waals surface area contributed by atoms with E-state index >= 15 is 0 Å². The number of piperazine rings is 1. The van der Waals surface area contributed by atoms with Crippen LogP contribution in [0.4, 0.5) is 0 Å². The lowest BCUT2D eigenvalue weighted by molar-refractivity contribution is 0.0833. The number of rotatable bonds is 5. The Morgan fingerprint density at radius 1 is 1.18 bits per heavy atom. The first-order valence-corrected chi connectivity index (χ1v) is 7.86. The van der Waals surface area contributed by atoms with Crippen molar-refractivity contribution < 1.29 is 9.05 Å². The number of hydrogen-bond acceptors (Lipinski definition) is 7. The molecule has 0 aromatic carbocycles. The molecule has 1 aliphatic heterocycles. The normalized spacial score (nSPS) is 18.7. The fourth-order valence-corrected chi connectivity index (χ4v) is 2.77. The van der Waals surface area contributed by atoms with Crippen molar-refractivity contribution in [2.45, 2.75) is 39.8 Å². The molecule has 3 heterocycles. The SMILES string of the molecule is CCc1noc([C@@H](C)N2CCN(Cc3cc(C)on3)CC2)n1. The molecule has 0 spiro atoms. The Bertz CT molecular complexity index is 601. The average molecular weight is 305 g/mol. The van der Waals surface area contributed by atoms with Gasteiger partial charge >= 0.3 is 0 Å². The number of hydrogen-bond donors (Lipinski definition) is 0. The van der Waals surface area contributed by atoms with Crippen LogP contribution in [-0.2, 0) is 13.0 Å². The van der Waals surface area contributed by atoms with Crippen molar-refractivity contribution in [3.05, 3.63) is 29.2 Å². The molecule has 22 heavy (non-hydrogen) atoms. The van der Waals surface area contributed by atoms with Crippen LogP contribution in [-0.4, -0.2) is 51.3 Å². The standard InChI is InChI=1S/C15H23N5O2/c1-4-14-16-15(22-18-14)12(3)20-7-5-19(6-8-20)10-13-9-11(2)21-17-13/h9,12H,4-8,10H2,1-3H3/t12-/m1/s1. The van der Waals surface area contributed by atoms with E-state index in [9.17, 15) is 0 Å². The summed E-state index contributed by atoms with van der Waals surface area (Å²) in [5.74, 6) is 2.37. The van der Waals surface area contributed by atoms with E-state index in [2.05, 4.69) is 32.0 Å². The van der Waals surface area contributed by atoms with Gasteiger partial charge in [0.05, 0.1) is 11.7 Å². The van der Waals surface area contributed by atoms with Gasteiger partial charge < -0.3 is 9.05 Å². The van der Waals surface area contributed by atoms with E-state index < -0.39 is 0 Å². The van der Waals surface area contributed by atoms with E-state index in [1.54, 1.807) is 0 Å². The molecule has 1 saturated heterocycles. The first-order chi connectivity index (χ1) is 10.7. The zero-order valence-electron chi connectivity index (χ0n) is 13.4. The van der Waals surface area contributed by atoms with Crippen LogP contribution in [0.5, 0.6) is 0 Å². The predicted molar refractivity (Wildman–Crippen MR) is 80.2 cm³/mol. The smallest absolute Gasteiger partial charge is 0.243 e. The molecule has 0 unspecified atom stereocenters.